The molecule has 2 atom stereocenters. The molecule has 9 heteroatoms. The van der Waals surface area contributed by atoms with Crippen LogP contribution in [0.4, 0.5) is 5.69 Å². The Balaban J connectivity index is 1.36. The average Bonchev–Trinajstić information content (AvgIpc) is 3.69. The second kappa shape index (κ2) is 9.94. The molecule has 2 N–H and O–H groups in total. The highest BCUT2D eigenvalue weighted by molar-refractivity contribution is 7.81. The number of likely N-dealkylation sites (tertiary alicyclic amines) is 1. The van der Waals surface area contributed by atoms with E-state index < -0.39 is 22.8 Å². The number of aliphatic hydroxyl groups excluding tert-OH is 1. The fourth-order valence-electron chi connectivity index (χ4n) is 5.13. The van der Waals surface area contributed by atoms with E-state index in [9.17, 15) is 18.9 Å². The predicted octanol–water partition coefficient (Wildman–Crippen LogP) is 3.98. The molecule has 2 aliphatic heterocycles. The first kappa shape index (κ1) is 24.9. The van der Waals surface area contributed by atoms with Crippen LogP contribution in [0.1, 0.15) is 49.7 Å². The second-order valence-electron chi connectivity index (χ2n) is 9.68. The van der Waals surface area contributed by atoms with Gasteiger partial charge in [-0.05, 0) is 60.7 Å². The molecule has 5 rings (SSSR count). The maximum atomic E-state index is 13.1. The van der Waals surface area contributed by atoms with E-state index >= 15 is 0 Å². The van der Waals surface area contributed by atoms with E-state index in [1.807, 2.05) is 18.2 Å². The van der Waals surface area contributed by atoms with E-state index in [2.05, 4.69) is 10.6 Å². The maximum absolute atomic E-state index is 13.1. The van der Waals surface area contributed by atoms with Gasteiger partial charge in [0.1, 0.15) is 11.5 Å². The van der Waals surface area contributed by atoms with Gasteiger partial charge < -0.3 is 18.9 Å². The lowest BCUT2D eigenvalue weighted by atomic mass is 9.82. The highest BCUT2D eigenvalue weighted by Crippen LogP contribution is 2.52. The zero-order valence-electron chi connectivity index (χ0n) is 20.4. The lowest BCUT2D eigenvalue weighted by molar-refractivity contribution is -0.153. The minimum Gasteiger partial charge on any atom is -0.507 e. The molecule has 2 aromatic rings. The molecular weight excluding hydrogens is 492 g/mol. The number of benzene rings is 2. The SMILES string of the molecule is C#Cc1ccc(OS(=O)Nc2cccc(C(C3=C(O)C4(CCN(C(C)=O)CC4)OC3=O)C3CC3)c2)cc1. The molecule has 1 spiro atoms. The monoisotopic (exact) mass is 520 g/mol. The Bertz CT molecular complexity index is 1320. The molecular formula is C28H28N2O6S. The number of rotatable bonds is 7. The smallest absolute Gasteiger partial charge is 0.339 e. The Morgan fingerprint density at radius 1 is 1.24 bits per heavy atom. The van der Waals surface area contributed by atoms with E-state index in [0.717, 1.165) is 18.4 Å². The number of esters is 1. The standard InChI is InChI=1S/C28H28N2O6S/c1-3-19-7-11-23(12-8-19)36-37(34)29-22-6-4-5-21(17-22)24(20-9-10-20)25-26(32)28(35-27(25)33)13-15-30(16-14-28)18(2)31/h1,4-8,11-12,17,20,24,29,32H,9-10,13-16H2,2H3. The Morgan fingerprint density at radius 3 is 2.57 bits per heavy atom. The largest absolute Gasteiger partial charge is 0.507 e. The summed E-state index contributed by atoms with van der Waals surface area (Å²) in [5.74, 6) is 2.22. The zero-order valence-corrected chi connectivity index (χ0v) is 21.3. The van der Waals surface area contributed by atoms with Crippen LogP contribution >= 0.6 is 0 Å². The van der Waals surface area contributed by atoms with Crippen LogP contribution in [-0.4, -0.2) is 44.8 Å². The van der Waals surface area contributed by atoms with E-state index in [1.165, 1.54) is 6.92 Å². The number of aliphatic hydroxyl groups is 1. The first-order valence-corrected chi connectivity index (χ1v) is 13.3. The lowest BCUT2D eigenvalue weighted by Gasteiger charge is -2.37. The van der Waals surface area contributed by atoms with Crippen LogP contribution in [-0.2, 0) is 25.6 Å². The zero-order chi connectivity index (χ0) is 26.2. The van der Waals surface area contributed by atoms with E-state index in [0.29, 0.717) is 48.5 Å². The Hall–Kier alpha value is -3.77. The van der Waals surface area contributed by atoms with Gasteiger partial charge >= 0.3 is 17.2 Å². The fraction of sp³-hybridized carbons (Fsp3) is 0.357. The molecule has 192 valence electrons. The Labute approximate surface area is 218 Å². The number of hydrogen-bond donors (Lipinski definition) is 2. The topological polar surface area (TPSA) is 105 Å². The van der Waals surface area contributed by atoms with Gasteiger partial charge in [0.25, 0.3) is 0 Å². The molecule has 1 aliphatic carbocycles. The summed E-state index contributed by atoms with van der Waals surface area (Å²) in [5.41, 5.74) is 1.28. The minimum atomic E-state index is -1.87. The summed E-state index contributed by atoms with van der Waals surface area (Å²) in [6, 6.07) is 14.0. The first-order valence-electron chi connectivity index (χ1n) is 12.3. The number of nitrogens with one attached hydrogen (secondary N) is 1. The summed E-state index contributed by atoms with van der Waals surface area (Å²) in [6.45, 7) is 2.35. The molecule has 37 heavy (non-hydrogen) atoms. The second-order valence-corrected chi connectivity index (χ2v) is 10.5. The number of ether oxygens (including phenoxy) is 1. The van der Waals surface area contributed by atoms with Gasteiger partial charge in [0.2, 0.25) is 5.91 Å². The highest BCUT2D eigenvalue weighted by Gasteiger charge is 2.53. The molecule has 8 nitrogen and oxygen atoms in total. The maximum Gasteiger partial charge on any atom is 0.339 e. The number of nitrogens with zero attached hydrogens (tertiary/aromatic N) is 1. The molecule has 0 aromatic heterocycles. The van der Waals surface area contributed by atoms with E-state index in [-0.39, 0.29) is 23.5 Å². The summed E-state index contributed by atoms with van der Waals surface area (Å²) >= 11 is -1.87. The van der Waals surface area contributed by atoms with Gasteiger partial charge in [0.05, 0.1) is 5.57 Å². The third-order valence-electron chi connectivity index (χ3n) is 7.26. The summed E-state index contributed by atoms with van der Waals surface area (Å²) in [7, 11) is 0. The van der Waals surface area contributed by atoms with Crippen molar-refractivity contribution in [2.45, 2.75) is 44.1 Å². The van der Waals surface area contributed by atoms with Crippen molar-refractivity contribution < 1.29 is 27.8 Å². The van der Waals surface area contributed by atoms with Gasteiger partial charge in [-0.2, -0.15) is 4.21 Å². The average molecular weight is 521 g/mol. The van der Waals surface area contributed by atoms with Gasteiger partial charge in [0, 0.05) is 50.0 Å². The van der Waals surface area contributed by atoms with Gasteiger partial charge in [-0.25, -0.2) is 4.79 Å². The summed E-state index contributed by atoms with van der Waals surface area (Å²) < 4.78 is 26.7. The van der Waals surface area contributed by atoms with Crippen molar-refractivity contribution in [2.24, 2.45) is 5.92 Å². The van der Waals surface area contributed by atoms with Gasteiger partial charge in [-0.15, -0.1) is 6.42 Å². The lowest BCUT2D eigenvalue weighted by Crippen LogP contribution is -2.47. The number of amides is 1. The van der Waals surface area contributed by atoms with E-state index in [4.69, 9.17) is 15.3 Å². The van der Waals surface area contributed by atoms with Crippen LogP contribution in [0.2, 0.25) is 0 Å². The van der Waals surface area contributed by atoms with Gasteiger partial charge in [-0.1, -0.05) is 18.1 Å². The van der Waals surface area contributed by atoms with Crippen molar-refractivity contribution in [1.29, 1.82) is 0 Å². The van der Waals surface area contributed by atoms with Crippen molar-refractivity contribution in [3.8, 4) is 18.1 Å². The van der Waals surface area contributed by atoms with Crippen LogP contribution in [0.15, 0.2) is 59.9 Å². The molecule has 0 bridgehead atoms. The van der Waals surface area contributed by atoms with Crippen molar-refractivity contribution in [3.05, 3.63) is 71.0 Å². The molecule has 2 fully saturated rings. The van der Waals surface area contributed by atoms with Crippen LogP contribution < -0.4 is 8.91 Å². The summed E-state index contributed by atoms with van der Waals surface area (Å²) in [4.78, 5) is 26.6. The third kappa shape index (κ3) is 5.07. The van der Waals surface area contributed by atoms with Crippen LogP contribution in [0.25, 0.3) is 0 Å². The van der Waals surface area contributed by atoms with Crippen molar-refractivity contribution >= 4 is 28.8 Å². The molecule has 2 heterocycles. The first-order chi connectivity index (χ1) is 17.8. The highest BCUT2D eigenvalue weighted by atomic mass is 32.2. The predicted molar refractivity (Wildman–Crippen MR) is 139 cm³/mol. The summed E-state index contributed by atoms with van der Waals surface area (Å²) in [6.07, 6.45) is 7.96. The van der Waals surface area contributed by atoms with Gasteiger partial charge in [0.15, 0.2) is 5.60 Å². The van der Waals surface area contributed by atoms with Crippen molar-refractivity contribution in [2.75, 3.05) is 17.8 Å². The Morgan fingerprint density at radius 2 is 1.95 bits per heavy atom. The van der Waals surface area contributed by atoms with Crippen LogP contribution in [0, 0.1) is 18.3 Å². The normalized spacial score (nSPS) is 20.2. The third-order valence-corrected chi connectivity index (χ3v) is 8.00. The van der Waals surface area contributed by atoms with Crippen molar-refractivity contribution in [3.63, 3.8) is 0 Å². The molecule has 0 radical (unpaired) electrons. The molecule has 1 saturated heterocycles. The van der Waals surface area contributed by atoms with Crippen molar-refractivity contribution in [1.82, 2.24) is 4.90 Å². The number of carbonyl (C=O) groups excluding carboxylic acids is 2. The Kier molecular flexibility index (Phi) is 6.69. The summed E-state index contributed by atoms with van der Waals surface area (Å²) in [5, 5.41) is 11.3. The number of hydrogen-bond acceptors (Lipinski definition) is 6. The van der Waals surface area contributed by atoms with Crippen LogP contribution in [0.3, 0.4) is 0 Å². The molecule has 1 saturated carbocycles. The molecule has 2 unspecified atom stereocenters. The van der Waals surface area contributed by atoms with E-state index in [1.54, 1.807) is 35.2 Å². The van der Waals surface area contributed by atoms with Gasteiger partial charge in [-0.3, -0.25) is 9.52 Å². The number of anilines is 1. The number of carbonyl (C=O) groups is 2. The number of terminal acetylenes is 1. The number of piperidine rings is 1. The minimum absolute atomic E-state index is 0.0155. The molecule has 3 aliphatic rings. The quantitative estimate of drug-likeness (QED) is 0.423. The molecule has 1 amide bonds. The van der Waals surface area contributed by atoms with Crippen LogP contribution in [0.5, 0.6) is 5.75 Å². The molecule has 2 aromatic carbocycles. The fourth-order valence-corrected chi connectivity index (χ4v) is 5.78.